The van der Waals surface area contributed by atoms with E-state index in [9.17, 15) is 13.6 Å². The summed E-state index contributed by atoms with van der Waals surface area (Å²) in [7, 11) is 0. The minimum Gasteiger partial charge on any atom is -0.481 e. The number of carboxylic acid groups (broad SMARTS) is 1. The molecule has 0 spiro atoms. The number of benzene rings is 1. The zero-order valence-corrected chi connectivity index (χ0v) is 10.8. The van der Waals surface area contributed by atoms with E-state index < -0.39 is 29.4 Å². The van der Waals surface area contributed by atoms with Crippen LogP contribution in [-0.4, -0.2) is 21.2 Å². The second kappa shape index (κ2) is 5.36. The van der Waals surface area contributed by atoms with Gasteiger partial charge in [0.15, 0.2) is 0 Å². The molecule has 2 aromatic rings. The molecule has 0 fully saturated rings. The van der Waals surface area contributed by atoms with E-state index in [0.717, 1.165) is 18.2 Å². The number of carboxylic acids is 1. The fourth-order valence-electron chi connectivity index (χ4n) is 1.65. The monoisotopic (exact) mass is 282 g/mol. The molecule has 0 saturated carbocycles. The van der Waals surface area contributed by atoms with Gasteiger partial charge in [0, 0.05) is 17.5 Å². The fraction of sp³-hybridized carbons (Fsp3) is 0.308. The summed E-state index contributed by atoms with van der Waals surface area (Å²) in [5.74, 6) is -3.59. The lowest BCUT2D eigenvalue weighted by molar-refractivity contribution is -0.141. The molecule has 7 heteroatoms. The highest BCUT2D eigenvalue weighted by atomic mass is 19.1. The lowest BCUT2D eigenvalue weighted by atomic mass is 9.96. The van der Waals surface area contributed by atoms with Crippen LogP contribution in [0, 0.1) is 17.6 Å². The SMILES string of the molecule is CC(C(=O)O)C(C)c1nc(-c2cc(F)cc(F)c2)no1. The molecule has 106 valence electrons. The number of nitrogens with zero attached hydrogens (tertiary/aromatic N) is 2. The van der Waals surface area contributed by atoms with Crippen molar-refractivity contribution in [3.63, 3.8) is 0 Å². The van der Waals surface area contributed by atoms with Gasteiger partial charge < -0.3 is 9.63 Å². The number of aliphatic carboxylic acids is 1. The van der Waals surface area contributed by atoms with E-state index in [1.165, 1.54) is 6.92 Å². The van der Waals surface area contributed by atoms with E-state index in [2.05, 4.69) is 10.1 Å². The molecule has 0 amide bonds. The van der Waals surface area contributed by atoms with E-state index in [0.29, 0.717) is 0 Å². The van der Waals surface area contributed by atoms with Gasteiger partial charge in [0.1, 0.15) is 11.6 Å². The van der Waals surface area contributed by atoms with Crippen LogP contribution >= 0.6 is 0 Å². The molecule has 0 aliphatic carbocycles. The van der Waals surface area contributed by atoms with Crippen LogP contribution in [0.25, 0.3) is 11.4 Å². The van der Waals surface area contributed by atoms with Gasteiger partial charge in [0.2, 0.25) is 11.7 Å². The number of hydrogen-bond donors (Lipinski definition) is 1. The molecular formula is C13H12F2N2O3. The Labute approximate surface area is 113 Å². The van der Waals surface area contributed by atoms with Crippen molar-refractivity contribution in [2.24, 2.45) is 5.92 Å². The lowest BCUT2D eigenvalue weighted by Crippen LogP contribution is -2.16. The number of aromatic nitrogens is 2. The molecule has 1 aromatic carbocycles. The lowest BCUT2D eigenvalue weighted by Gasteiger charge is -2.10. The second-order valence-electron chi connectivity index (χ2n) is 4.53. The Morgan fingerprint density at radius 3 is 2.40 bits per heavy atom. The maximum absolute atomic E-state index is 13.1. The summed E-state index contributed by atoms with van der Waals surface area (Å²) in [5.41, 5.74) is 0.132. The molecule has 0 saturated heterocycles. The molecule has 2 unspecified atom stereocenters. The average molecular weight is 282 g/mol. The maximum Gasteiger partial charge on any atom is 0.307 e. The number of carbonyl (C=O) groups is 1. The zero-order chi connectivity index (χ0) is 14.9. The third kappa shape index (κ3) is 2.81. The van der Waals surface area contributed by atoms with Crippen LogP contribution in [-0.2, 0) is 4.79 Å². The van der Waals surface area contributed by atoms with Gasteiger partial charge in [-0.2, -0.15) is 4.98 Å². The molecule has 0 aliphatic rings. The first-order valence-corrected chi connectivity index (χ1v) is 5.91. The van der Waals surface area contributed by atoms with E-state index >= 15 is 0 Å². The van der Waals surface area contributed by atoms with Gasteiger partial charge in [0.05, 0.1) is 5.92 Å². The second-order valence-corrected chi connectivity index (χ2v) is 4.53. The van der Waals surface area contributed by atoms with Crippen molar-refractivity contribution in [1.29, 1.82) is 0 Å². The molecule has 1 aromatic heterocycles. The van der Waals surface area contributed by atoms with E-state index in [1.54, 1.807) is 6.92 Å². The van der Waals surface area contributed by atoms with Crippen LogP contribution in [0.15, 0.2) is 22.7 Å². The van der Waals surface area contributed by atoms with Crippen LogP contribution in [0.5, 0.6) is 0 Å². The Bertz CT molecular complexity index is 622. The molecule has 0 radical (unpaired) electrons. The summed E-state index contributed by atoms with van der Waals surface area (Å²) in [5, 5.41) is 12.5. The van der Waals surface area contributed by atoms with Crippen LogP contribution in [0.2, 0.25) is 0 Å². The molecule has 2 atom stereocenters. The van der Waals surface area contributed by atoms with Crippen LogP contribution in [0.4, 0.5) is 8.78 Å². The Balaban J connectivity index is 2.31. The Kier molecular flexibility index (Phi) is 3.78. The summed E-state index contributed by atoms with van der Waals surface area (Å²) < 4.78 is 31.2. The summed E-state index contributed by atoms with van der Waals surface area (Å²) in [4.78, 5) is 14.9. The van der Waals surface area contributed by atoms with Crippen LogP contribution in [0.3, 0.4) is 0 Å². The average Bonchev–Trinajstić information content (AvgIpc) is 2.85. The third-order valence-corrected chi connectivity index (χ3v) is 3.09. The van der Waals surface area contributed by atoms with Crippen molar-refractivity contribution >= 4 is 5.97 Å². The maximum atomic E-state index is 13.1. The third-order valence-electron chi connectivity index (χ3n) is 3.09. The smallest absolute Gasteiger partial charge is 0.307 e. The molecule has 0 aliphatic heterocycles. The number of hydrogen-bond acceptors (Lipinski definition) is 4. The topological polar surface area (TPSA) is 76.2 Å². The van der Waals surface area contributed by atoms with E-state index in [-0.39, 0.29) is 17.3 Å². The Hall–Kier alpha value is -2.31. The molecule has 5 nitrogen and oxygen atoms in total. The van der Waals surface area contributed by atoms with Crippen molar-refractivity contribution in [1.82, 2.24) is 10.1 Å². The first kappa shape index (κ1) is 14.1. The Morgan fingerprint density at radius 2 is 1.85 bits per heavy atom. The summed E-state index contributed by atoms with van der Waals surface area (Å²) >= 11 is 0. The van der Waals surface area contributed by atoms with Crippen LogP contribution in [0.1, 0.15) is 25.7 Å². The normalized spacial score (nSPS) is 14.0. The highest BCUT2D eigenvalue weighted by Gasteiger charge is 2.26. The first-order chi connectivity index (χ1) is 9.38. The summed E-state index contributed by atoms with van der Waals surface area (Å²) in [6, 6.07) is 2.88. The van der Waals surface area contributed by atoms with Gasteiger partial charge >= 0.3 is 5.97 Å². The van der Waals surface area contributed by atoms with Crippen LogP contribution < -0.4 is 0 Å². The van der Waals surface area contributed by atoms with Gasteiger partial charge in [0.25, 0.3) is 0 Å². The fourth-order valence-corrected chi connectivity index (χ4v) is 1.65. The Morgan fingerprint density at radius 1 is 1.25 bits per heavy atom. The van der Waals surface area contributed by atoms with Crippen molar-refractivity contribution in [3.8, 4) is 11.4 Å². The quantitative estimate of drug-likeness (QED) is 0.933. The van der Waals surface area contributed by atoms with Crippen molar-refractivity contribution in [2.75, 3.05) is 0 Å². The van der Waals surface area contributed by atoms with Gasteiger partial charge in [-0.25, -0.2) is 8.78 Å². The van der Waals surface area contributed by atoms with Gasteiger partial charge in [-0.05, 0) is 12.1 Å². The molecular weight excluding hydrogens is 270 g/mol. The molecule has 1 N–H and O–H groups in total. The number of rotatable bonds is 4. The number of halogens is 2. The molecule has 0 bridgehead atoms. The first-order valence-electron chi connectivity index (χ1n) is 5.91. The highest BCUT2D eigenvalue weighted by molar-refractivity contribution is 5.70. The van der Waals surface area contributed by atoms with Crippen molar-refractivity contribution < 1.29 is 23.2 Å². The minimum atomic E-state index is -0.992. The largest absolute Gasteiger partial charge is 0.481 e. The van der Waals surface area contributed by atoms with Gasteiger partial charge in [-0.1, -0.05) is 19.0 Å². The highest BCUT2D eigenvalue weighted by Crippen LogP contribution is 2.26. The summed E-state index contributed by atoms with van der Waals surface area (Å²) in [6.07, 6.45) is 0. The van der Waals surface area contributed by atoms with Gasteiger partial charge in [-0.15, -0.1) is 0 Å². The van der Waals surface area contributed by atoms with Gasteiger partial charge in [-0.3, -0.25) is 4.79 Å². The van der Waals surface area contributed by atoms with E-state index in [4.69, 9.17) is 9.63 Å². The molecule has 1 heterocycles. The summed E-state index contributed by atoms with van der Waals surface area (Å²) in [6.45, 7) is 3.14. The van der Waals surface area contributed by atoms with E-state index in [1.807, 2.05) is 0 Å². The van der Waals surface area contributed by atoms with Crippen molar-refractivity contribution in [2.45, 2.75) is 19.8 Å². The molecule has 20 heavy (non-hydrogen) atoms. The van der Waals surface area contributed by atoms with Crippen molar-refractivity contribution in [3.05, 3.63) is 35.7 Å². The standard InChI is InChI=1S/C13H12F2N2O3/c1-6(7(2)13(18)19)12-16-11(17-20-12)8-3-9(14)5-10(15)4-8/h3-7H,1-2H3,(H,18,19). The molecule has 2 rings (SSSR count). The predicted octanol–water partition coefficient (Wildman–Crippen LogP) is 2.84. The predicted molar refractivity (Wildman–Crippen MR) is 64.9 cm³/mol. The zero-order valence-electron chi connectivity index (χ0n) is 10.8. The minimum absolute atomic E-state index is 0.0165.